The third-order valence-corrected chi connectivity index (χ3v) is 3.27. The molecule has 0 spiro atoms. The van der Waals surface area contributed by atoms with Crippen LogP contribution in [0.3, 0.4) is 0 Å². The van der Waals surface area contributed by atoms with E-state index in [1.54, 1.807) is 0 Å². The Labute approximate surface area is 105 Å². The molecule has 3 nitrogen and oxygen atoms in total. The fourth-order valence-electron chi connectivity index (χ4n) is 1.82. The van der Waals surface area contributed by atoms with E-state index in [1.807, 2.05) is 18.3 Å². The molecule has 2 unspecified atom stereocenters. The van der Waals surface area contributed by atoms with Gasteiger partial charge in [0.25, 0.3) is 0 Å². The lowest BCUT2D eigenvalue weighted by Crippen LogP contribution is -2.45. The number of aromatic nitrogens is 1. The summed E-state index contributed by atoms with van der Waals surface area (Å²) in [5, 5.41) is 3.54. The Kier molecular flexibility index (Phi) is 6.16. The molecule has 0 aromatic carbocycles. The number of nitrogens with zero attached hydrogens (tertiary/aromatic N) is 2. The Morgan fingerprint density at radius 2 is 2.12 bits per heavy atom. The molecule has 0 aliphatic rings. The third kappa shape index (κ3) is 4.84. The van der Waals surface area contributed by atoms with Crippen LogP contribution in [0.15, 0.2) is 24.4 Å². The molecule has 0 aliphatic heterocycles. The van der Waals surface area contributed by atoms with Crippen LogP contribution >= 0.6 is 0 Å². The van der Waals surface area contributed by atoms with Crippen molar-refractivity contribution in [3.8, 4) is 0 Å². The van der Waals surface area contributed by atoms with Gasteiger partial charge in [-0.25, -0.2) is 0 Å². The molecule has 1 heterocycles. The van der Waals surface area contributed by atoms with Crippen LogP contribution in [0.4, 0.5) is 0 Å². The minimum Gasteiger partial charge on any atom is -0.313 e. The molecule has 1 aromatic heterocycles. The van der Waals surface area contributed by atoms with Crippen molar-refractivity contribution < 1.29 is 0 Å². The molecule has 1 aromatic rings. The molecule has 0 radical (unpaired) electrons. The Morgan fingerprint density at radius 3 is 2.71 bits per heavy atom. The van der Waals surface area contributed by atoms with Gasteiger partial charge in [0.1, 0.15) is 0 Å². The van der Waals surface area contributed by atoms with Crippen molar-refractivity contribution in [3.05, 3.63) is 30.1 Å². The maximum Gasteiger partial charge on any atom is 0.0543 e. The molecule has 2 atom stereocenters. The average Bonchev–Trinajstić information content (AvgIpc) is 2.36. The summed E-state index contributed by atoms with van der Waals surface area (Å²) in [7, 11) is 2.16. The topological polar surface area (TPSA) is 28.2 Å². The Morgan fingerprint density at radius 1 is 1.35 bits per heavy atom. The summed E-state index contributed by atoms with van der Waals surface area (Å²) >= 11 is 0. The van der Waals surface area contributed by atoms with Gasteiger partial charge < -0.3 is 5.32 Å². The van der Waals surface area contributed by atoms with Crippen molar-refractivity contribution in [3.63, 3.8) is 0 Å². The first-order chi connectivity index (χ1) is 8.15. The summed E-state index contributed by atoms with van der Waals surface area (Å²) < 4.78 is 0. The number of nitrogens with one attached hydrogen (secondary N) is 1. The van der Waals surface area contributed by atoms with Crippen LogP contribution in [-0.4, -0.2) is 35.6 Å². The van der Waals surface area contributed by atoms with Gasteiger partial charge in [0, 0.05) is 24.8 Å². The molecular formula is C14H25N3. The number of rotatable bonds is 7. The van der Waals surface area contributed by atoms with Gasteiger partial charge in [-0.1, -0.05) is 13.0 Å². The molecule has 0 saturated carbocycles. The summed E-state index contributed by atoms with van der Waals surface area (Å²) in [6.07, 6.45) is 3.04. The fraction of sp³-hybridized carbons (Fsp3) is 0.643. The van der Waals surface area contributed by atoms with Crippen molar-refractivity contribution in [2.24, 2.45) is 0 Å². The monoisotopic (exact) mass is 235 g/mol. The summed E-state index contributed by atoms with van der Waals surface area (Å²) in [6.45, 7) is 8.69. The van der Waals surface area contributed by atoms with Crippen LogP contribution in [0, 0.1) is 0 Å². The minimum atomic E-state index is 0.503. The number of hydrogen-bond donors (Lipinski definition) is 1. The van der Waals surface area contributed by atoms with Crippen molar-refractivity contribution in [2.75, 3.05) is 13.6 Å². The quantitative estimate of drug-likeness (QED) is 0.786. The van der Waals surface area contributed by atoms with E-state index in [0.29, 0.717) is 12.1 Å². The first-order valence-corrected chi connectivity index (χ1v) is 6.48. The van der Waals surface area contributed by atoms with Gasteiger partial charge in [-0.05, 0) is 46.0 Å². The van der Waals surface area contributed by atoms with Gasteiger partial charge in [0.05, 0.1) is 5.69 Å². The van der Waals surface area contributed by atoms with Crippen LogP contribution in [0.5, 0.6) is 0 Å². The molecule has 1 rings (SSSR count). The SMILES string of the molecule is CCCNC(C)C(C)N(C)Cc1ccccn1. The van der Waals surface area contributed by atoms with Gasteiger partial charge >= 0.3 is 0 Å². The Hall–Kier alpha value is -0.930. The summed E-state index contributed by atoms with van der Waals surface area (Å²) in [5.41, 5.74) is 1.13. The van der Waals surface area contributed by atoms with Crippen LogP contribution in [0.2, 0.25) is 0 Å². The summed E-state index contributed by atoms with van der Waals surface area (Å²) in [6, 6.07) is 7.08. The fourth-order valence-corrected chi connectivity index (χ4v) is 1.82. The van der Waals surface area contributed by atoms with E-state index in [1.165, 1.54) is 6.42 Å². The Balaban J connectivity index is 2.43. The molecule has 0 amide bonds. The van der Waals surface area contributed by atoms with E-state index >= 15 is 0 Å². The third-order valence-electron chi connectivity index (χ3n) is 3.27. The minimum absolute atomic E-state index is 0.503. The van der Waals surface area contributed by atoms with Crippen LogP contribution in [0.1, 0.15) is 32.9 Å². The van der Waals surface area contributed by atoms with Gasteiger partial charge in [-0.2, -0.15) is 0 Å². The summed E-state index contributed by atoms with van der Waals surface area (Å²) in [4.78, 5) is 6.70. The second kappa shape index (κ2) is 7.41. The lowest BCUT2D eigenvalue weighted by molar-refractivity contribution is 0.204. The standard InChI is InChI=1S/C14H25N3/c1-5-9-15-12(2)13(3)17(4)11-14-8-6-7-10-16-14/h6-8,10,12-13,15H,5,9,11H2,1-4H3. The van der Waals surface area contributed by atoms with Gasteiger partial charge in [0.15, 0.2) is 0 Å². The van der Waals surface area contributed by atoms with Crippen molar-refractivity contribution in [1.29, 1.82) is 0 Å². The van der Waals surface area contributed by atoms with E-state index in [9.17, 15) is 0 Å². The highest BCUT2D eigenvalue weighted by Gasteiger charge is 2.16. The zero-order valence-corrected chi connectivity index (χ0v) is 11.5. The van der Waals surface area contributed by atoms with E-state index < -0.39 is 0 Å². The number of hydrogen-bond acceptors (Lipinski definition) is 3. The first-order valence-electron chi connectivity index (χ1n) is 6.48. The Bertz CT molecular complexity index is 300. The van der Waals surface area contributed by atoms with Gasteiger partial charge in [-0.3, -0.25) is 9.88 Å². The molecule has 1 N–H and O–H groups in total. The van der Waals surface area contributed by atoms with E-state index in [0.717, 1.165) is 18.8 Å². The van der Waals surface area contributed by atoms with Gasteiger partial charge in [0.2, 0.25) is 0 Å². The average molecular weight is 235 g/mol. The van der Waals surface area contributed by atoms with E-state index in [2.05, 4.69) is 49.1 Å². The largest absolute Gasteiger partial charge is 0.313 e. The second-order valence-electron chi connectivity index (χ2n) is 4.72. The molecule has 0 fully saturated rings. The highest BCUT2D eigenvalue weighted by Crippen LogP contribution is 2.06. The van der Waals surface area contributed by atoms with Crippen molar-refractivity contribution >= 4 is 0 Å². The second-order valence-corrected chi connectivity index (χ2v) is 4.72. The highest BCUT2D eigenvalue weighted by atomic mass is 15.2. The lowest BCUT2D eigenvalue weighted by Gasteiger charge is -2.30. The van der Waals surface area contributed by atoms with Crippen LogP contribution in [0.25, 0.3) is 0 Å². The van der Waals surface area contributed by atoms with Crippen LogP contribution in [-0.2, 0) is 6.54 Å². The molecule has 0 saturated heterocycles. The van der Waals surface area contributed by atoms with E-state index in [-0.39, 0.29) is 0 Å². The molecule has 0 aliphatic carbocycles. The smallest absolute Gasteiger partial charge is 0.0543 e. The molecular weight excluding hydrogens is 210 g/mol. The molecule has 96 valence electrons. The van der Waals surface area contributed by atoms with E-state index in [4.69, 9.17) is 0 Å². The van der Waals surface area contributed by atoms with Crippen LogP contribution < -0.4 is 5.32 Å². The molecule has 17 heavy (non-hydrogen) atoms. The maximum atomic E-state index is 4.36. The van der Waals surface area contributed by atoms with Crippen molar-refractivity contribution in [2.45, 2.75) is 45.8 Å². The van der Waals surface area contributed by atoms with Crippen molar-refractivity contribution in [1.82, 2.24) is 15.2 Å². The zero-order chi connectivity index (χ0) is 12.7. The predicted molar refractivity (Wildman–Crippen MR) is 72.9 cm³/mol. The molecule has 0 bridgehead atoms. The highest BCUT2D eigenvalue weighted by molar-refractivity contribution is 5.03. The van der Waals surface area contributed by atoms with Gasteiger partial charge in [-0.15, -0.1) is 0 Å². The summed E-state index contributed by atoms with van der Waals surface area (Å²) in [5.74, 6) is 0. The number of likely N-dealkylation sites (N-methyl/N-ethyl adjacent to an activating group) is 1. The normalized spacial score (nSPS) is 14.9. The maximum absolute atomic E-state index is 4.36. The predicted octanol–water partition coefficient (Wildman–Crippen LogP) is 2.29. The number of pyridine rings is 1. The zero-order valence-electron chi connectivity index (χ0n) is 11.5. The lowest BCUT2D eigenvalue weighted by atomic mass is 10.1. The first kappa shape index (κ1) is 14.1. The molecule has 3 heteroatoms.